The van der Waals surface area contributed by atoms with E-state index in [-0.39, 0.29) is 24.1 Å². The number of carbonyl (C=O) groups is 4. The molecule has 1 aliphatic rings. The molecule has 0 saturated carbocycles. The molecule has 0 aromatic heterocycles. The van der Waals surface area contributed by atoms with Crippen LogP contribution in [-0.4, -0.2) is 66.1 Å². The number of esters is 3. The predicted octanol–water partition coefficient (Wildman–Crippen LogP) is -1.10. The van der Waals surface area contributed by atoms with E-state index >= 15 is 0 Å². The second kappa shape index (κ2) is 11.6. The second-order valence-corrected chi connectivity index (χ2v) is 6.22. The molecule has 1 saturated heterocycles. The van der Waals surface area contributed by atoms with Gasteiger partial charge in [-0.05, 0) is 12.2 Å². The average Bonchev–Trinajstić information content (AvgIpc) is 2.49. The highest BCUT2D eigenvalue weighted by atomic mass is 35.5. The van der Waals surface area contributed by atoms with E-state index in [1.807, 2.05) is 0 Å². The highest BCUT2D eigenvalue weighted by Gasteiger charge is 2.50. The molecule has 0 radical (unpaired) electrons. The maximum absolute atomic E-state index is 11.6. The Kier molecular flexibility index (Phi) is 10.7. The number of thiocarbonyl (C=S) groups is 1. The molecule has 1 aliphatic heterocycles. The molecule has 11 nitrogen and oxygen atoms in total. The normalized spacial score (nSPS) is 26.1. The fraction of sp³-hybridized carbons (Fsp3) is 0.667. The Balaban J connectivity index is 0.00000729. The van der Waals surface area contributed by atoms with Crippen molar-refractivity contribution in [3.63, 3.8) is 0 Å². The molecule has 0 bridgehead atoms. The van der Waals surface area contributed by atoms with Gasteiger partial charge in [0.25, 0.3) is 0 Å². The van der Waals surface area contributed by atoms with Crippen molar-refractivity contribution in [1.29, 1.82) is 0 Å². The van der Waals surface area contributed by atoms with Gasteiger partial charge < -0.3 is 35.3 Å². The Morgan fingerprint density at radius 1 is 0.964 bits per heavy atom. The van der Waals surface area contributed by atoms with Crippen LogP contribution in [0.3, 0.4) is 0 Å². The first-order chi connectivity index (χ1) is 12.5. The van der Waals surface area contributed by atoms with Crippen molar-refractivity contribution >= 4 is 53.6 Å². The van der Waals surface area contributed by atoms with Gasteiger partial charge in [0.2, 0.25) is 5.91 Å². The first-order valence-electron chi connectivity index (χ1n) is 7.97. The molecular weight excluding hydrogens is 418 g/mol. The van der Waals surface area contributed by atoms with Gasteiger partial charge in [0.15, 0.2) is 23.5 Å². The lowest BCUT2D eigenvalue weighted by Crippen LogP contribution is -2.69. The molecule has 0 aromatic rings. The van der Waals surface area contributed by atoms with Crippen molar-refractivity contribution in [1.82, 2.24) is 10.6 Å². The minimum atomic E-state index is -1.16. The van der Waals surface area contributed by atoms with Gasteiger partial charge in [0.05, 0.1) is 0 Å². The summed E-state index contributed by atoms with van der Waals surface area (Å²) in [4.78, 5) is 45.9. The summed E-state index contributed by atoms with van der Waals surface area (Å²) in [6, 6.07) is -0.995. The summed E-state index contributed by atoms with van der Waals surface area (Å²) >= 11 is 4.81. The number of rotatable bonds is 6. The Morgan fingerprint density at radius 3 is 1.93 bits per heavy atom. The van der Waals surface area contributed by atoms with E-state index < -0.39 is 54.4 Å². The van der Waals surface area contributed by atoms with E-state index in [4.69, 9.17) is 36.9 Å². The molecule has 0 aliphatic carbocycles. The van der Waals surface area contributed by atoms with Crippen LogP contribution in [0.15, 0.2) is 0 Å². The average molecular weight is 442 g/mol. The zero-order chi connectivity index (χ0) is 20.7. The first kappa shape index (κ1) is 25.8. The molecule has 4 N–H and O–H groups in total. The molecule has 0 aromatic carbocycles. The zero-order valence-corrected chi connectivity index (χ0v) is 17.4. The summed E-state index contributed by atoms with van der Waals surface area (Å²) in [5.74, 6) is -2.42. The van der Waals surface area contributed by atoms with Crippen molar-refractivity contribution in [2.24, 2.45) is 5.73 Å². The zero-order valence-electron chi connectivity index (χ0n) is 15.8. The fourth-order valence-corrected chi connectivity index (χ4v) is 2.71. The first-order valence-corrected chi connectivity index (χ1v) is 8.38. The maximum atomic E-state index is 11.6. The van der Waals surface area contributed by atoms with Crippen molar-refractivity contribution in [3.8, 4) is 0 Å². The van der Waals surface area contributed by atoms with E-state index in [1.54, 1.807) is 0 Å². The molecule has 0 unspecified atom stereocenters. The third-order valence-electron chi connectivity index (χ3n) is 3.40. The minimum Gasteiger partial charge on any atom is -0.463 e. The SMILES string of the molecule is CC(=O)N[C@@H]1[C@@H](OC(C)=O)[C@H](OC(C)=O)[C@@H](COC(C)=O)O[C@H]1NC(N)=S.Cl. The summed E-state index contributed by atoms with van der Waals surface area (Å²) < 4.78 is 21.2. The van der Waals surface area contributed by atoms with Crippen LogP contribution >= 0.6 is 24.6 Å². The predicted molar refractivity (Wildman–Crippen MR) is 101 cm³/mol. The monoisotopic (exact) mass is 441 g/mol. The van der Waals surface area contributed by atoms with Crippen LogP contribution in [-0.2, 0) is 38.1 Å². The van der Waals surface area contributed by atoms with Crippen LogP contribution in [0.1, 0.15) is 27.7 Å². The molecule has 1 rings (SSSR count). The molecule has 13 heteroatoms. The molecule has 1 amide bonds. The van der Waals surface area contributed by atoms with Crippen molar-refractivity contribution in [2.75, 3.05) is 6.61 Å². The highest BCUT2D eigenvalue weighted by Crippen LogP contribution is 2.26. The Labute approximate surface area is 173 Å². The lowest BCUT2D eigenvalue weighted by Gasteiger charge is -2.45. The largest absolute Gasteiger partial charge is 0.463 e. The van der Waals surface area contributed by atoms with Crippen LogP contribution < -0.4 is 16.4 Å². The number of carbonyl (C=O) groups excluding carboxylic acids is 4. The lowest BCUT2D eigenvalue weighted by molar-refractivity contribution is -0.225. The van der Waals surface area contributed by atoms with Gasteiger partial charge in [-0.25, -0.2) is 0 Å². The summed E-state index contributed by atoms with van der Waals surface area (Å²) in [7, 11) is 0. The number of hydrogen-bond donors (Lipinski definition) is 3. The summed E-state index contributed by atoms with van der Waals surface area (Å²) in [6.45, 7) is 4.45. The third-order valence-corrected chi connectivity index (χ3v) is 3.52. The van der Waals surface area contributed by atoms with Crippen molar-refractivity contribution in [2.45, 2.75) is 58.3 Å². The number of ether oxygens (including phenoxy) is 4. The number of nitrogens with one attached hydrogen (secondary N) is 2. The quantitative estimate of drug-likeness (QED) is 0.261. The second-order valence-electron chi connectivity index (χ2n) is 5.78. The Morgan fingerprint density at radius 2 is 1.50 bits per heavy atom. The number of halogens is 1. The summed E-state index contributed by atoms with van der Waals surface area (Å²) in [6.07, 6.45) is -4.37. The van der Waals surface area contributed by atoms with E-state index in [1.165, 1.54) is 13.8 Å². The van der Waals surface area contributed by atoms with Crippen molar-refractivity contribution in [3.05, 3.63) is 0 Å². The van der Waals surface area contributed by atoms with Crippen LogP contribution in [0.4, 0.5) is 0 Å². The highest BCUT2D eigenvalue weighted by molar-refractivity contribution is 7.80. The van der Waals surface area contributed by atoms with Gasteiger partial charge in [-0.1, -0.05) is 0 Å². The number of amides is 1. The van der Waals surface area contributed by atoms with Gasteiger partial charge in [-0.3, -0.25) is 19.2 Å². The molecule has 28 heavy (non-hydrogen) atoms. The Bertz CT molecular complexity index is 620. The van der Waals surface area contributed by atoms with Gasteiger partial charge in [-0.15, -0.1) is 12.4 Å². The molecule has 0 spiro atoms. The third kappa shape index (κ3) is 8.23. The van der Waals surface area contributed by atoms with Crippen molar-refractivity contribution < 1.29 is 38.1 Å². The summed E-state index contributed by atoms with van der Waals surface area (Å²) in [5, 5.41) is 5.05. The van der Waals surface area contributed by atoms with Crippen LogP contribution in [0, 0.1) is 0 Å². The van der Waals surface area contributed by atoms with Gasteiger partial charge in [0.1, 0.15) is 18.8 Å². The lowest BCUT2D eigenvalue weighted by atomic mass is 9.95. The smallest absolute Gasteiger partial charge is 0.303 e. The number of hydrogen-bond acceptors (Lipinski definition) is 9. The van der Waals surface area contributed by atoms with E-state index in [0.717, 1.165) is 13.8 Å². The molecule has 160 valence electrons. The molecule has 5 atom stereocenters. The minimum absolute atomic E-state index is 0. The number of nitrogens with two attached hydrogens (primary N) is 1. The maximum Gasteiger partial charge on any atom is 0.303 e. The fourth-order valence-electron chi connectivity index (χ4n) is 2.60. The molecule has 1 fully saturated rings. The van der Waals surface area contributed by atoms with Gasteiger partial charge >= 0.3 is 17.9 Å². The van der Waals surface area contributed by atoms with E-state index in [9.17, 15) is 19.2 Å². The Hall–Kier alpha value is -2.18. The van der Waals surface area contributed by atoms with E-state index in [0.29, 0.717) is 0 Å². The summed E-state index contributed by atoms with van der Waals surface area (Å²) in [5.41, 5.74) is 5.50. The topological polar surface area (TPSA) is 155 Å². The van der Waals surface area contributed by atoms with Crippen LogP contribution in [0.5, 0.6) is 0 Å². The standard InChI is InChI=1S/C15H23N3O8S.ClH/c1-6(19)17-11-13(25-9(4)22)12(24-8(3)21)10(5-23-7(2)20)26-14(11)18-15(16)27;/h10-14H,5H2,1-4H3,(H,17,19)(H3,16,18,27);1H/t10-,11-,12-,13-,14-;/m1./s1. The van der Waals surface area contributed by atoms with Crippen LogP contribution in [0.25, 0.3) is 0 Å². The van der Waals surface area contributed by atoms with Crippen LogP contribution in [0.2, 0.25) is 0 Å². The molecule has 1 heterocycles. The van der Waals surface area contributed by atoms with Gasteiger partial charge in [-0.2, -0.15) is 0 Å². The van der Waals surface area contributed by atoms with Gasteiger partial charge in [0, 0.05) is 27.7 Å². The van der Waals surface area contributed by atoms with E-state index in [2.05, 4.69) is 10.6 Å². The molecular formula is C15H24ClN3O8S.